The monoisotopic (exact) mass is 279 g/mol. The lowest BCUT2D eigenvalue weighted by atomic mass is 10.2. The number of nitrogens with two attached hydrogens (primary N) is 1. The van der Waals surface area contributed by atoms with Gasteiger partial charge in [-0.25, -0.2) is 0 Å². The van der Waals surface area contributed by atoms with Crippen molar-refractivity contribution in [2.24, 2.45) is 0 Å². The van der Waals surface area contributed by atoms with Gasteiger partial charge in [-0.3, -0.25) is 0 Å². The molecule has 19 heavy (non-hydrogen) atoms. The molecular weight excluding hydrogens is 266 g/mol. The largest absolute Gasteiger partial charge is 0.476 e. The molecule has 0 fully saturated rings. The van der Waals surface area contributed by atoms with Crippen molar-refractivity contribution in [1.29, 1.82) is 0 Å². The fourth-order valence-electron chi connectivity index (χ4n) is 1.49. The van der Waals surface area contributed by atoms with Gasteiger partial charge in [0.25, 0.3) is 0 Å². The van der Waals surface area contributed by atoms with E-state index in [1.165, 1.54) is 6.33 Å². The number of nitrogens with zero attached hydrogens (tertiary/aromatic N) is 2. The Morgan fingerprint density at radius 1 is 1.26 bits per heavy atom. The second kappa shape index (κ2) is 5.75. The number of benzene rings is 1. The highest BCUT2D eigenvalue weighted by atomic mass is 35.5. The summed E-state index contributed by atoms with van der Waals surface area (Å²) in [5.41, 5.74) is 7.16. The maximum Gasteiger partial charge on any atom is 0.249 e. The fourth-order valence-corrected chi connectivity index (χ4v) is 1.65. The average molecular weight is 280 g/mol. The molecule has 2 N–H and O–H groups in total. The van der Waals surface area contributed by atoms with Gasteiger partial charge in [-0.05, 0) is 31.5 Å². The van der Waals surface area contributed by atoms with E-state index in [-0.39, 0.29) is 11.6 Å². The van der Waals surface area contributed by atoms with E-state index >= 15 is 0 Å². The topological polar surface area (TPSA) is 70.3 Å². The van der Waals surface area contributed by atoms with Crippen molar-refractivity contribution in [1.82, 2.24) is 9.97 Å². The number of hydrogen-bond acceptors (Lipinski definition) is 5. The summed E-state index contributed by atoms with van der Waals surface area (Å²) in [6.07, 6.45) is 1.33. The molecule has 0 saturated carbocycles. The summed E-state index contributed by atoms with van der Waals surface area (Å²) in [7, 11) is 0. The molecule has 0 aliphatic rings. The molecule has 2 rings (SSSR count). The molecule has 1 aromatic heterocycles. The van der Waals surface area contributed by atoms with Gasteiger partial charge in [0.2, 0.25) is 11.8 Å². The molecule has 0 aliphatic heterocycles. The van der Waals surface area contributed by atoms with Crippen LogP contribution in [0.1, 0.15) is 12.5 Å². The summed E-state index contributed by atoms with van der Waals surface area (Å²) in [5.74, 6) is 1.02. The van der Waals surface area contributed by atoms with Gasteiger partial charge in [0.15, 0.2) is 5.69 Å². The third kappa shape index (κ3) is 3.06. The van der Waals surface area contributed by atoms with Crippen molar-refractivity contribution in [3.63, 3.8) is 0 Å². The highest BCUT2D eigenvalue weighted by Gasteiger charge is 2.12. The lowest BCUT2D eigenvalue weighted by molar-refractivity contribution is 0.325. The fraction of sp³-hybridized carbons (Fsp3) is 0.231. The summed E-state index contributed by atoms with van der Waals surface area (Å²) in [6.45, 7) is 4.25. The molecular formula is C13H14ClN3O2. The number of halogens is 1. The normalized spacial score (nSPS) is 10.3. The van der Waals surface area contributed by atoms with Gasteiger partial charge < -0.3 is 15.2 Å². The van der Waals surface area contributed by atoms with E-state index in [1.807, 2.05) is 26.0 Å². The minimum Gasteiger partial charge on any atom is -0.476 e. The molecule has 0 amide bonds. The van der Waals surface area contributed by atoms with Crippen molar-refractivity contribution in [2.75, 3.05) is 12.3 Å². The zero-order valence-electron chi connectivity index (χ0n) is 10.7. The SMILES string of the molecule is CCOc1ncnc(Oc2cc(C)ccc2Cl)c1N. The predicted octanol–water partition coefficient (Wildman–Crippen LogP) is 3.21. The third-order valence-electron chi connectivity index (χ3n) is 2.39. The molecule has 0 atom stereocenters. The molecule has 1 heterocycles. The van der Waals surface area contributed by atoms with Gasteiger partial charge in [-0.2, -0.15) is 9.97 Å². The molecule has 2 aromatic rings. The maximum atomic E-state index is 6.06. The summed E-state index contributed by atoms with van der Waals surface area (Å²) in [4.78, 5) is 7.93. The molecule has 0 unspecified atom stereocenters. The number of nitrogen functional groups attached to an aromatic ring is 1. The second-order valence-corrected chi connectivity index (χ2v) is 4.27. The Kier molecular flexibility index (Phi) is 4.06. The number of aromatic nitrogens is 2. The number of aryl methyl sites for hydroxylation is 1. The van der Waals surface area contributed by atoms with Gasteiger partial charge in [0.1, 0.15) is 12.1 Å². The van der Waals surface area contributed by atoms with Crippen LogP contribution in [0.3, 0.4) is 0 Å². The molecule has 5 nitrogen and oxygen atoms in total. The predicted molar refractivity (Wildman–Crippen MR) is 73.9 cm³/mol. The summed E-state index contributed by atoms with van der Waals surface area (Å²) in [6, 6.07) is 5.46. The van der Waals surface area contributed by atoms with Crippen molar-refractivity contribution in [2.45, 2.75) is 13.8 Å². The van der Waals surface area contributed by atoms with Crippen LogP contribution in [0.25, 0.3) is 0 Å². The molecule has 6 heteroatoms. The Bertz CT molecular complexity index is 590. The number of hydrogen-bond donors (Lipinski definition) is 1. The van der Waals surface area contributed by atoms with Crippen LogP contribution >= 0.6 is 11.6 Å². The zero-order valence-corrected chi connectivity index (χ0v) is 11.4. The summed E-state index contributed by atoms with van der Waals surface area (Å²) in [5, 5.41) is 0.488. The van der Waals surface area contributed by atoms with E-state index in [9.17, 15) is 0 Å². The van der Waals surface area contributed by atoms with Crippen LogP contribution in [0.5, 0.6) is 17.5 Å². The first-order chi connectivity index (χ1) is 9.11. The quantitative estimate of drug-likeness (QED) is 0.930. The highest BCUT2D eigenvalue weighted by molar-refractivity contribution is 6.32. The Morgan fingerprint density at radius 3 is 2.74 bits per heavy atom. The van der Waals surface area contributed by atoms with Crippen LogP contribution in [-0.4, -0.2) is 16.6 Å². The van der Waals surface area contributed by atoms with Crippen LogP contribution in [0.4, 0.5) is 5.69 Å². The molecule has 0 bridgehead atoms. The summed E-state index contributed by atoms with van der Waals surface area (Å²) >= 11 is 6.06. The first-order valence-electron chi connectivity index (χ1n) is 5.79. The minimum atomic E-state index is 0.228. The lowest BCUT2D eigenvalue weighted by Gasteiger charge is -2.11. The van der Waals surface area contributed by atoms with Crippen LogP contribution in [0.2, 0.25) is 5.02 Å². The van der Waals surface area contributed by atoms with Crippen LogP contribution in [-0.2, 0) is 0 Å². The molecule has 100 valence electrons. The van der Waals surface area contributed by atoms with E-state index < -0.39 is 0 Å². The maximum absolute atomic E-state index is 6.06. The van der Waals surface area contributed by atoms with Gasteiger partial charge in [0, 0.05) is 0 Å². The van der Waals surface area contributed by atoms with E-state index in [2.05, 4.69) is 9.97 Å². The van der Waals surface area contributed by atoms with Gasteiger partial charge in [-0.15, -0.1) is 0 Å². The van der Waals surface area contributed by atoms with Crippen LogP contribution < -0.4 is 15.2 Å². The van der Waals surface area contributed by atoms with E-state index in [1.54, 1.807) is 6.07 Å². The van der Waals surface area contributed by atoms with E-state index in [4.69, 9.17) is 26.8 Å². The van der Waals surface area contributed by atoms with E-state index in [0.29, 0.717) is 23.3 Å². The molecule has 0 radical (unpaired) electrons. The molecule has 0 saturated heterocycles. The van der Waals surface area contributed by atoms with Crippen LogP contribution in [0, 0.1) is 6.92 Å². The second-order valence-electron chi connectivity index (χ2n) is 3.87. The zero-order chi connectivity index (χ0) is 13.8. The number of rotatable bonds is 4. The van der Waals surface area contributed by atoms with Crippen LogP contribution in [0.15, 0.2) is 24.5 Å². The number of ether oxygens (including phenoxy) is 2. The van der Waals surface area contributed by atoms with Crippen molar-refractivity contribution in [3.05, 3.63) is 35.1 Å². The van der Waals surface area contributed by atoms with Gasteiger partial charge >= 0.3 is 0 Å². The van der Waals surface area contributed by atoms with E-state index in [0.717, 1.165) is 5.56 Å². The first kappa shape index (κ1) is 13.4. The lowest BCUT2D eigenvalue weighted by Crippen LogP contribution is -2.03. The highest BCUT2D eigenvalue weighted by Crippen LogP contribution is 2.34. The Morgan fingerprint density at radius 2 is 2.00 bits per heavy atom. The molecule has 0 aliphatic carbocycles. The standard InChI is InChI=1S/C13H14ClN3O2/c1-3-18-12-11(15)13(17-7-16-12)19-10-6-8(2)4-5-9(10)14/h4-7H,3,15H2,1-2H3. The smallest absolute Gasteiger partial charge is 0.249 e. The minimum absolute atomic E-state index is 0.228. The number of anilines is 1. The molecule has 0 spiro atoms. The Balaban J connectivity index is 2.33. The Labute approximate surface area is 116 Å². The van der Waals surface area contributed by atoms with Crippen molar-refractivity contribution < 1.29 is 9.47 Å². The first-order valence-corrected chi connectivity index (χ1v) is 6.17. The van der Waals surface area contributed by atoms with Crippen molar-refractivity contribution in [3.8, 4) is 17.5 Å². The Hall–Kier alpha value is -2.01. The third-order valence-corrected chi connectivity index (χ3v) is 2.70. The van der Waals surface area contributed by atoms with Gasteiger partial charge in [-0.1, -0.05) is 17.7 Å². The van der Waals surface area contributed by atoms with Crippen molar-refractivity contribution >= 4 is 17.3 Å². The summed E-state index contributed by atoms with van der Waals surface area (Å²) < 4.78 is 10.9. The molecule has 1 aromatic carbocycles. The van der Waals surface area contributed by atoms with Gasteiger partial charge in [0.05, 0.1) is 11.6 Å². The average Bonchev–Trinajstić information content (AvgIpc) is 2.39.